The lowest BCUT2D eigenvalue weighted by Crippen LogP contribution is -2.20. The Hall–Kier alpha value is -3.93. The van der Waals surface area contributed by atoms with Crippen molar-refractivity contribution in [3.8, 4) is 11.6 Å². The summed E-state index contributed by atoms with van der Waals surface area (Å²) in [6.07, 6.45) is 0. The number of anilines is 1. The molecule has 12 heteroatoms. The van der Waals surface area contributed by atoms with E-state index in [0.717, 1.165) is 0 Å². The lowest BCUT2D eigenvalue weighted by molar-refractivity contribution is 0.415. The number of rotatable bonds is 6. The van der Waals surface area contributed by atoms with Gasteiger partial charge in [-0.3, -0.25) is 19.5 Å². The average molecular weight is 417 g/mol. The Morgan fingerprint density at radius 2 is 1.62 bits per heavy atom. The van der Waals surface area contributed by atoms with Gasteiger partial charge in [0.2, 0.25) is 11.6 Å². The first-order valence-electron chi connectivity index (χ1n) is 8.03. The number of sulfonamides is 1. The Bertz CT molecular complexity index is 1260. The minimum atomic E-state index is -3.83. The van der Waals surface area contributed by atoms with Crippen molar-refractivity contribution in [3.63, 3.8) is 0 Å². The normalized spacial score (nSPS) is 11.5. The zero-order valence-corrected chi connectivity index (χ0v) is 15.7. The molecule has 0 fully saturated rings. The Kier molecular flexibility index (Phi) is 5.45. The Labute approximate surface area is 163 Å². The van der Waals surface area contributed by atoms with Crippen molar-refractivity contribution in [2.24, 2.45) is 10.2 Å². The number of aromatic amines is 2. The van der Waals surface area contributed by atoms with Crippen LogP contribution in [-0.4, -0.2) is 30.6 Å². The zero-order valence-electron chi connectivity index (χ0n) is 14.9. The average Bonchev–Trinajstić information content (AvgIpc) is 2.68. The van der Waals surface area contributed by atoms with Crippen LogP contribution in [0.25, 0.3) is 0 Å². The van der Waals surface area contributed by atoms with Crippen LogP contribution in [0.3, 0.4) is 0 Å². The van der Waals surface area contributed by atoms with E-state index in [1.54, 1.807) is 24.3 Å². The fourth-order valence-corrected chi connectivity index (χ4v) is 3.29. The van der Waals surface area contributed by atoms with Crippen molar-refractivity contribution in [1.82, 2.24) is 9.97 Å². The molecule has 1 aromatic heterocycles. The zero-order chi connectivity index (χ0) is 21.0. The number of H-pyrrole nitrogens is 2. The van der Waals surface area contributed by atoms with Crippen molar-refractivity contribution in [3.05, 3.63) is 69.4 Å². The van der Waals surface area contributed by atoms with Gasteiger partial charge in [-0.25, -0.2) is 13.2 Å². The van der Waals surface area contributed by atoms with Crippen molar-refractivity contribution in [2.45, 2.75) is 4.90 Å². The van der Waals surface area contributed by atoms with Gasteiger partial charge in [0, 0.05) is 5.69 Å². The van der Waals surface area contributed by atoms with Gasteiger partial charge in [0.05, 0.1) is 17.7 Å². The van der Waals surface area contributed by atoms with E-state index >= 15 is 0 Å². The van der Waals surface area contributed by atoms with Crippen molar-refractivity contribution in [2.75, 3.05) is 11.8 Å². The quantitative estimate of drug-likeness (QED) is 0.448. The van der Waals surface area contributed by atoms with Gasteiger partial charge in [-0.2, -0.15) is 5.11 Å². The number of aromatic nitrogens is 2. The van der Waals surface area contributed by atoms with Gasteiger partial charge in [-0.05, 0) is 48.5 Å². The number of azo groups is 1. The highest BCUT2D eigenvalue weighted by Gasteiger charge is 2.14. The second-order valence-electron chi connectivity index (χ2n) is 5.63. The predicted molar refractivity (Wildman–Crippen MR) is 104 cm³/mol. The summed E-state index contributed by atoms with van der Waals surface area (Å²) in [5.41, 5.74) is -1.70. The molecule has 0 bridgehead atoms. The molecular weight excluding hydrogens is 402 g/mol. The van der Waals surface area contributed by atoms with E-state index in [-0.39, 0.29) is 10.6 Å². The maximum Gasteiger partial charge on any atom is 0.328 e. The van der Waals surface area contributed by atoms with Crippen LogP contribution in [0.5, 0.6) is 11.6 Å². The molecule has 0 saturated heterocycles. The van der Waals surface area contributed by atoms with Crippen molar-refractivity contribution >= 4 is 27.1 Å². The molecule has 3 rings (SSSR count). The van der Waals surface area contributed by atoms with E-state index in [1.807, 2.05) is 9.97 Å². The lowest BCUT2D eigenvalue weighted by atomic mass is 10.3. The number of nitrogens with zero attached hydrogens (tertiary/aromatic N) is 2. The number of benzene rings is 2. The summed E-state index contributed by atoms with van der Waals surface area (Å²) in [6.45, 7) is 0. The van der Waals surface area contributed by atoms with Crippen LogP contribution in [0.1, 0.15) is 0 Å². The smallest absolute Gasteiger partial charge is 0.328 e. The summed E-state index contributed by atoms with van der Waals surface area (Å²) in [5.74, 6) is -0.139. The van der Waals surface area contributed by atoms with Crippen LogP contribution in [0.4, 0.5) is 17.1 Å². The topological polar surface area (TPSA) is 166 Å². The van der Waals surface area contributed by atoms with Crippen LogP contribution in [0, 0.1) is 0 Å². The van der Waals surface area contributed by atoms with E-state index in [1.165, 1.54) is 31.4 Å². The van der Waals surface area contributed by atoms with Crippen LogP contribution < -0.4 is 20.7 Å². The number of aromatic hydroxyl groups is 1. The minimum absolute atomic E-state index is 0.0167. The summed E-state index contributed by atoms with van der Waals surface area (Å²) in [6, 6.07) is 11.7. The Morgan fingerprint density at radius 1 is 0.966 bits per heavy atom. The monoisotopic (exact) mass is 417 g/mol. The molecule has 0 aliphatic heterocycles. The van der Waals surface area contributed by atoms with Crippen molar-refractivity contribution < 1.29 is 18.3 Å². The summed E-state index contributed by atoms with van der Waals surface area (Å²) in [5, 5.41) is 16.9. The fraction of sp³-hybridized carbons (Fsp3) is 0.0588. The molecule has 0 amide bonds. The Morgan fingerprint density at radius 3 is 2.21 bits per heavy atom. The third kappa shape index (κ3) is 4.68. The summed E-state index contributed by atoms with van der Waals surface area (Å²) < 4.78 is 32.4. The van der Waals surface area contributed by atoms with Crippen LogP contribution in [-0.2, 0) is 10.0 Å². The molecule has 1 heterocycles. The third-order valence-electron chi connectivity index (χ3n) is 3.65. The molecule has 11 nitrogen and oxygen atoms in total. The highest BCUT2D eigenvalue weighted by molar-refractivity contribution is 7.92. The second-order valence-corrected chi connectivity index (χ2v) is 7.32. The number of methoxy groups -OCH3 is 1. The largest absolute Gasteiger partial charge is 0.497 e. The molecule has 150 valence electrons. The molecule has 4 N–H and O–H groups in total. The first-order valence-corrected chi connectivity index (χ1v) is 9.51. The number of ether oxygens (including phenoxy) is 1. The number of nitrogens with one attached hydrogen (secondary N) is 3. The highest BCUT2D eigenvalue weighted by atomic mass is 32.2. The number of hydrogen-bond donors (Lipinski definition) is 4. The molecule has 3 aromatic rings. The molecule has 0 radical (unpaired) electrons. The molecule has 0 spiro atoms. The van der Waals surface area contributed by atoms with Gasteiger partial charge in [-0.15, -0.1) is 5.11 Å². The van der Waals surface area contributed by atoms with Crippen LogP contribution >= 0.6 is 0 Å². The van der Waals surface area contributed by atoms with Gasteiger partial charge >= 0.3 is 5.69 Å². The standard InChI is InChI=1S/C17H15N5O6S/c1-28-12-6-2-11(3-7-12)22-29(26,27)13-8-4-10(5-9-13)20-21-14-15(23)18-17(25)19-16(14)24/h2-9,22H,1H3,(H3,18,19,23,24,25). The van der Waals surface area contributed by atoms with Gasteiger partial charge in [0.25, 0.3) is 15.6 Å². The van der Waals surface area contributed by atoms with Crippen LogP contribution in [0.15, 0.2) is 73.2 Å². The first kappa shape index (κ1) is 19.8. The third-order valence-corrected chi connectivity index (χ3v) is 5.05. The minimum Gasteiger partial charge on any atom is -0.497 e. The summed E-state index contributed by atoms with van der Waals surface area (Å²) >= 11 is 0. The molecule has 0 unspecified atom stereocenters. The van der Waals surface area contributed by atoms with Crippen LogP contribution in [0.2, 0.25) is 0 Å². The molecule has 0 aliphatic carbocycles. The van der Waals surface area contributed by atoms with E-state index in [4.69, 9.17) is 4.74 Å². The van der Waals surface area contributed by atoms with Crippen molar-refractivity contribution in [1.29, 1.82) is 0 Å². The molecule has 0 atom stereocenters. The maximum absolute atomic E-state index is 12.5. The molecular formula is C17H15N5O6S. The molecule has 29 heavy (non-hydrogen) atoms. The van der Waals surface area contributed by atoms with Gasteiger partial charge < -0.3 is 9.84 Å². The second kappa shape index (κ2) is 7.98. The fourth-order valence-electron chi connectivity index (χ4n) is 2.23. The summed E-state index contributed by atoms with van der Waals surface area (Å²) in [4.78, 5) is 26.5. The molecule has 0 aliphatic rings. The predicted octanol–water partition coefficient (Wildman–Crippen LogP) is 1.99. The van der Waals surface area contributed by atoms with Gasteiger partial charge in [-0.1, -0.05) is 0 Å². The van der Waals surface area contributed by atoms with Gasteiger partial charge in [0.15, 0.2) is 0 Å². The lowest BCUT2D eigenvalue weighted by Gasteiger charge is -2.08. The summed E-state index contributed by atoms with van der Waals surface area (Å²) in [7, 11) is -2.33. The van der Waals surface area contributed by atoms with Gasteiger partial charge in [0.1, 0.15) is 5.75 Å². The first-order chi connectivity index (χ1) is 13.8. The number of hydrogen-bond acceptors (Lipinski definition) is 8. The van der Waals surface area contributed by atoms with E-state index in [9.17, 15) is 23.1 Å². The highest BCUT2D eigenvalue weighted by Crippen LogP contribution is 2.23. The van der Waals surface area contributed by atoms with E-state index in [2.05, 4.69) is 15.0 Å². The SMILES string of the molecule is COc1ccc(NS(=O)(=O)c2ccc(N=Nc3c(O)[nH]c(=O)[nH]c3=O)cc2)cc1. The van der Waals surface area contributed by atoms with E-state index < -0.39 is 32.8 Å². The van der Waals surface area contributed by atoms with E-state index in [0.29, 0.717) is 11.4 Å². The Balaban J connectivity index is 1.78. The molecule has 2 aromatic carbocycles. The molecule has 0 saturated carbocycles. The maximum atomic E-state index is 12.5.